The van der Waals surface area contributed by atoms with Crippen LogP contribution >= 0.6 is 0 Å². The van der Waals surface area contributed by atoms with Crippen molar-refractivity contribution in [3.63, 3.8) is 0 Å². The predicted molar refractivity (Wildman–Crippen MR) is 115 cm³/mol. The SMILES string of the molecule is CC[NH+](CC)CCN1C(=O)C(=O)C(C(=O)c2ccc(OC)c(C)c2)C1c1ccc[nH+]c1. The Morgan fingerprint density at radius 1 is 1.19 bits per heavy atom. The van der Waals surface area contributed by atoms with E-state index in [0.29, 0.717) is 17.9 Å². The Balaban J connectivity index is 1.99. The van der Waals surface area contributed by atoms with Gasteiger partial charge in [-0.2, -0.15) is 0 Å². The van der Waals surface area contributed by atoms with Gasteiger partial charge < -0.3 is 14.5 Å². The van der Waals surface area contributed by atoms with Crippen LogP contribution in [0.2, 0.25) is 0 Å². The van der Waals surface area contributed by atoms with Gasteiger partial charge in [-0.15, -0.1) is 0 Å². The number of quaternary nitrogens is 1. The molecule has 2 atom stereocenters. The summed E-state index contributed by atoms with van der Waals surface area (Å²) in [6.45, 7) is 9.05. The molecule has 1 aromatic carbocycles. The number of aromatic nitrogens is 1. The second-order valence-corrected chi connectivity index (χ2v) is 7.88. The molecule has 0 aliphatic carbocycles. The molecule has 1 aromatic heterocycles. The van der Waals surface area contributed by atoms with E-state index >= 15 is 0 Å². The van der Waals surface area contributed by atoms with Gasteiger partial charge >= 0.3 is 0 Å². The van der Waals surface area contributed by atoms with Crippen LogP contribution in [0.25, 0.3) is 0 Å². The molecule has 0 bridgehead atoms. The Labute approximate surface area is 183 Å². The summed E-state index contributed by atoms with van der Waals surface area (Å²) in [5.74, 6) is -1.95. The van der Waals surface area contributed by atoms with Crippen LogP contribution in [-0.2, 0) is 9.59 Å². The summed E-state index contributed by atoms with van der Waals surface area (Å²) < 4.78 is 5.28. The molecule has 7 heteroatoms. The lowest BCUT2D eigenvalue weighted by Crippen LogP contribution is -3.12. The summed E-state index contributed by atoms with van der Waals surface area (Å²) in [6.07, 6.45) is 3.52. The van der Waals surface area contributed by atoms with Gasteiger partial charge in [-0.1, -0.05) is 0 Å². The van der Waals surface area contributed by atoms with Crippen molar-refractivity contribution < 1.29 is 29.0 Å². The molecule has 1 fully saturated rings. The Hall–Kier alpha value is -3.06. The lowest BCUT2D eigenvalue weighted by atomic mass is 9.86. The lowest BCUT2D eigenvalue weighted by Gasteiger charge is -2.27. The average Bonchev–Trinajstić information content (AvgIpc) is 3.04. The molecule has 7 nitrogen and oxygen atoms in total. The second-order valence-electron chi connectivity index (χ2n) is 7.88. The zero-order valence-electron chi connectivity index (χ0n) is 18.6. The van der Waals surface area contributed by atoms with Crippen molar-refractivity contribution in [1.82, 2.24) is 4.90 Å². The molecule has 2 N–H and O–H groups in total. The molecule has 1 amide bonds. The number of pyridine rings is 1. The van der Waals surface area contributed by atoms with Gasteiger partial charge in [-0.25, -0.2) is 4.98 Å². The van der Waals surface area contributed by atoms with Crippen molar-refractivity contribution in [3.8, 4) is 5.75 Å². The van der Waals surface area contributed by atoms with E-state index in [1.165, 1.54) is 4.90 Å². The van der Waals surface area contributed by atoms with E-state index in [-0.39, 0.29) is 5.78 Å². The molecule has 2 heterocycles. The Morgan fingerprint density at radius 3 is 2.52 bits per heavy atom. The Kier molecular flexibility index (Phi) is 7.17. The summed E-state index contributed by atoms with van der Waals surface area (Å²) in [5, 5.41) is 0. The highest BCUT2D eigenvalue weighted by Crippen LogP contribution is 2.37. The number of benzene rings is 1. The van der Waals surface area contributed by atoms with Gasteiger partial charge in [0.15, 0.2) is 18.2 Å². The quantitative estimate of drug-likeness (QED) is 0.364. The number of aryl methyl sites for hydroxylation is 1. The van der Waals surface area contributed by atoms with E-state index in [0.717, 1.165) is 30.8 Å². The predicted octanol–water partition coefficient (Wildman–Crippen LogP) is 0.694. The highest BCUT2D eigenvalue weighted by molar-refractivity contribution is 6.44. The monoisotopic (exact) mass is 425 g/mol. The van der Waals surface area contributed by atoms with Crippen LogP contribution in [0, 0.1) is 12.8 Å². The molecule has 1 aliphatic heterocycles. The van der Waals surface area contributed by atoms with Gasteiger partial charge in [0.05, 0.1) is 39.3 Å². The molecule has 0 saturated carbocycles. The van der Waals surface area contributed by atoms with Crippen molar-refractivity contribution >= 4 is 17.5 Å². The van der Waals surface area contributed by atoms with Gasteiger partial charge in [0, 0.05) is 17.2 Å². The molecule has 2 unspecified atom stereocenters. The van der Waals surface area contributed by atoms with Crippen LogP contribution in [0.5, 0.6) is 5.75 Å². The summed E-state index contributed by atoms with van der Waals surface area (Å²) in [4.78, 5) is 45.4. The van der Waals surface area contributed by atoms with Gasteiger partial charge in [0.25, 0.3) is 5.91 Å². The van der Waals surface area contributed by atoms with Crippen molar-refractivity contribution in [2.45, 2.75) is 26.8 Å². The molecular formula is C24H31N3O4+2. The van der Waals surface area contributed by atoms with E-state index in [2.05, 4.69) is 18.8 Å². The zero-order chi connectivity index (χ0) is 22.5. The standard InChI is InChI=1S/C24H29N3O4/c1-5-26(6-2)12-13-27-21(18-8-7-11-25-15-18)20(23(29)24(27)30)22(28)17-9-10-19(31-4)16(3)14-17/h7-11,14-15,20-21H,5-6,12-13H2,1-4H3/p+2. The molecule has 0 spiro atoms. The van der Waals surface area contributed by atoms with Crippen LogP contribution in [0.15, 0.2) is 42.7 Å². The van der Waals surface area contributed by atoms with Gasteiger partial charge in [-0.3, -0.25) is 14.4 Å². The first-order valence-electron chi connectivity index (χ1n) is 10.8. The normalized spacial score (nSPS) is 18.7. The van der Waals surface area contributed by atoms with Crippen LogP contribution in [0.4, 0.5) is 0 Å². The highest BCUT2D eigenvalue weighted by Gasteiger charge is 2.52. The topological polar surface area (TPSA) is 82.3 Å². The third-order valence-corrected chi connectivity index (χ3v) is 6.15. The van der Waals surface area contributed by atoms with E-state index in [9.17, 15) is 14.4 Å². The lowest BCUT2D eigenvalue weighted by molar-refractivity contribution is -0.895. The minimum absolute atomic E-state index is 0.337. The first-order chi connectivity index (χ1) is 14.9. The van der Waals surface area contributed by atoms with Crippen molar-refractivity contribution in [2.75, 3.05) is 33.3 Å². The number of ether oxygens (including phenoxy) is 1. The number of likely N-dealkylation sites (N-methyl/N-ethyl adjacent to an activating group) is 1. The summed E-state index contributed by atoms with van der Waals surface area (Å²) in [7, 11) is 1.57. The van der Waals surface area contributed by atoms with Crippen LogP contribution in [0.3, 0.4) is 0 Å². The average molecular weight is 426 g/mol. The number of carbonyl (C=O) groups excluding carboxylic acids is 3. The van der Waals surface area contributed by atoms with E-state index in [1.807, 2.05) is 19.1 Å². The van der Waals surface area contributed by atoms with Crippen molar-refractivity contribution in [2.24, 2.45) is 5.92 Å². The van der Waals surface area contributed by atoms with Crippen LogP contribution in [0.1, 0.15) is 41.4 Å². The molecule has 0 radical (unpaired) electrons. The third-order valence-electron chi connectivity index (χ3n) is 6.15. The molecule has 1 aliphatic rings. The molecule has 31 heavy (non-hydrogen) atoms. The largest absolute Gasteiger partial charge is 0.496 e. The van der Waals surface area contributed by atoms with Crippen LogP contribution < -0.4 is 14.6 Å². The first-order valence-corrected chi connectivity index (χ1v) is 10.8. The van der Waals surface area contributed by atoms with Gasteiger partial charge in [0.2, 0.25) is 5.78 Å². The minimum atomic E-state index is -1.07. The minimum Gasteiger partial charge on any atom is -0.496 e. The van der Waals surface area contributed by atoms with Crippen LogP contribution in [-0.4, -0.2) is 55.7 Å². The number of rotatable bonds is 9. The maximum Gasteiger partial charge on any atom is 0.291 e. The number of ketones is 2. The number of likely N-dealkylation sites (tertiary alicyclic amines) is 1. The molecule has 1 saturated heterocycles. The fourth-order valence-corrected chi connectivity index (χ4v) is 4.28. The number of H-pyrrole nitrogens is 1. The molecule has 2 aromatic rings. The molecular weight excluding hydrogens is 394 g/mol. The van der Waals surface area contributed by atoms with Crippen molar-refractivity contribution in [1.29, 1.82) is 0 Å². The summed E-state index contributed by atoms with van der Waals surface area (Å²) in [6, 6.07) is 8.14. The maximum atomic E-state index is 13.5. The zero-order valence-corrected chi connectivity index (χ0v) is 18.6. The number of carbonyl (C=O) groups is 3. The number of aromatic amines is 1. The summed E-state index contributed by atoms with van der Waals surface area (Å²) in [5.41, 5.74) is 1.96. The molecule has 164 valence electrons. The van der Waals surface area contributed by atoms with Gasteiger partial charge in [-0.05, 0) is 50.6 Å². The number of amides is 1. The summed E-state index contributed by atoms with van der Waals surface area (Å²) >= 11 is 0. The number of methoxy groups -OCH3 is 1. The number of hydrogen-bond donors (Lipinski definition) is 1. The van der Waals surface area contributed by atoms with Gasteiger partial charge in [0.1, 0.15) is 11.7 Å². The fourth-order valence-electron chi connectivity index (χ4n) is 4.28. The second kappa shape index (κ2) is 9.83. The maximum absolute atomic E-state index is 13.5. The number of nitrogens with one attached hydrogen (secondary N) is 2. The fraction of sp³-hybridized carbons (Fsp3) is 0.417. The van der Waals surface area contributed by atoms with E-state index < -0.39 is 23.7 Å². The first kappa shape index (κ1) is 22.6. The Bertz CT molecular complexity index is 957. The van der Waals surface area contributed by atoms with E-state index in [4.69, 9.17) is 4.74 Å². The van der Waals surface area contributed by atoms with E-state index in [1.54, 1.807) is 42.6 Å². The number of hydrogen-bond acceptors (Lipinski definition) is 4. The smallest absolute Gasteiger partial charge is 0.291 e. The van der Waals surface area contributed by atoms with Crippen molar-refractivity contribution in [3.05, 3.63) is 59.4 Å². The number of nitrogens with zero attached hydrogens (tertiary/aromatic N) is 1. The number of Topliss-reactive ketones (excluding diaryl/α,β-unsaturated/α-hetero) is 2. The molecule has 3 rings (SSSR count). The highest BCUT2D eigenvalue weighted by atomic mass is 16.5. The third kappa shape index (κ3) is 4.51. The Morgan fingerprint density at radius 2 is 1.94 bits per heavy atom.